The zero-order valence-electron chi connectivity index (χ0n) is 17.0. The second kappa shape index (κ2) is 10.1. The highest BCUT2D eigenvalue weighted by molar-refractivity contribution is 5.90. The summed E-state index contributed by atoms with van der Waals surface area (Å²) in [6.45, 7) is 1.45. The van der Waals surface area contributed by atoms with Gasteiger partial charge in [-0.2, -0.15) is 0 Å². The first-order valence-electron chi connectivity index (χ1n) is 9.88. The van der Waals surface area contributed by atoms with Crippen LogP contribution in [0.15, 0.2) is 54.6 Å². The number of hydrogen-bond donors (Lipinski definition) is 1. The van der Waals surface area contributed by atoms with Crippen LogP contribution in [0.3, 0.4) is 0 Å². The Hall–Kier alpha value is -2.86. The van der Waals surface area contributed by atoms with E-state index in [0.717, 1.165) is 23.3 Å². The third-order valence-corrected chi connectivity index (χ3v) is 5.32. The average molecular weight is 396 g/mol. The number of amides is 2. The topological polar surface area (TPSA) is 67.9 Å². The Balaban J connectivity index is 1.66. The van der Waals surface area contributed by atoms with Gasteiger partial charge in [0.2, 0.25) is 11.8 Å². The summed E-state index contributed by atoms with van der Waals surface area (Å²) in [7, 11) is 3.25. The van der Waals surface area contributed by atoms with Crippen LogP contribution in [0.5, 0.6) is 5.75 Å². The van der Waals surface area contributed by atoms with E-state index in [2.05, 4.69) is 5.32 Å². The van der Waals surface area contributed by atoms with Crippen LogP contribution in [-0.4, -0.2) is 50.6 Å². The molecule has 1 aliphatic rings. The quantitative estimate of drug-likeness (QED) is 0.708. The van der Waals surface area contributed by atoms with Gasteiger partial charge in [-0.1, -0.05) is 42.5 Å². The maximum atomic E-state index is 12.9. The molecule has 29 heavy (non-hydrogen) atoms. The highest BCUT2D eigenvalue weighted by atomic mass is 16.5. The van der Waals surface area contributed by atoms with Gasteiger partial charge in [-0.25, -0.2) is 0 Å². The fourth-order valence-corrected chi connectivity index (χ4v) is 3.79. The van der Waals surface area contributed by atoms with Crippen molar-refractivity contribution in [3.8, 4) is 5.75 Å². The number of methoxy groups -OCH3 is 2. The molecule has 6 nitrogen and oxygen atoms in total. The zero-order chi connectivity index (χ0) is 20.6. The van der Waals surface area contributed by atoms with Crippen LogP contribution in [0.2, 0.25) is 0 Å². The summed E-state index contributed by atoms with van der Waals surface area (Å²) in [6, 6.07) is 17.3. The standard InChI is InChI=1S/C23H28N2O4/c1-28-15-14-25-21(26)16-20(22(25)18-6-4-3-5-7-18)23(27)24-13-12-17-8-10-19(29-2)11-9-17/h3-11,20,22H,12-16H2,1-2H3,(H,24,27)/t20-,22+/m1/s1. The molecule has 2 aromatic carbocycles. The molecule has 2 aromatic rings. The Labute approximate surface area is 171 Å². The van der Waals surface area contributed by atoms with Crippen molar-refractivity contribution in [3.05, 3.63) is 65.7 Å². The van der Waals surface area contributed by atoms with Crippen molar-refractivity contribution in [3.63, 3.8) is 0 Å². The van der Waals surface area contributed by atoms with E-state index in [0.29, 0.717) is 19.7 Å². The first-order valence-corrected chi connectivity index (χ1v) is 9.88. The fraction of sp³-hybridized carbons (Fsp3) is 0.391. The van der Waals surface area contributed by atoms with Crippen LogP contribution in [0.25, 0.3) is 0 Å². The van der Waals surface area contributed by atoms with Gasteiger partial charge in [0.15, 0.2) is 0 Å². The van der Waals surface area contributed by atoms with Gasteiger partial charge in [-0.3, -0.25) is 9.59 Å². The van der Waals surface area contributed by atoms with Crippen molar-refractivity contribution in [2.45, 2.75) is 18.9 Å². The van der Waals surface area contributed by atoms with Crippen LogP contribution < -0.4 is 10.1 Å². The van der Waals surface area contributed by atoms with Crippen molar-refractivity contribution >= 4 is 11.8 Å². The van der Waals surface area contributed by atoms with E-state index in [-0.39, 0.29) is 24.3 Å². The van der Waals surface area contributed by atoms with Crippen LogP contribution >= 0.6 is 0 Å². The van der Waals surface area contributed by atoms with Gasteiger partial charge in [-0.15, -0.1) is 0 Å². The molecule has 0 saturated carbocycles. The third kappa shape index (κ3) is 5.15. The normalized spacial score (nSPS) is 18.7. The van der Waals surface area contributed by atoms with Gasteiger partial charge in [0.05, 0.1) is 25.7 Å². The summed E-state index contributed by atoms with van der Waals surface area (Å²) < 4.78 is 10.3. The first-order chi connectivity index (χ1) is 14.1. The molecule has 1 saturated heterocycles. The molecule has 0 unspecified atom stereocenters. The van der Waals surface area contributed by atoms with Gasteiger partial charge >= 0.3 is 0 Å². The minimum atomic E-state index is -0.405. The number of nitrogens with zero attached hydrogens (tertiary/aromatic N) is 1. The highest BCUT2D eigenvalue weighted by Gasteiger charge is 2.44. The number of likely N-dealkylation sites (tertiary alicyclic amines) is 1. The van der Waals surface area contributed by atoms with Gasteiger partial charge in [-0.05, 0) is 29.7 Å². The number of carbonyl (C=O) groups is 2. The molecule has 0 radical (unpaired) electrons. The number of hydrogen-bond acceptors (Lipinski definition) is 4. The molecule has 1 aliphatic heterocycles. The molecule has 1 heterocycles. The number of benzene rings is 2. The summed E-state index contributed by atoms with van der Waals surface area (Å²) in [6.07, 6.45) is 0.942. The van der Waals surface area contributed by atoms with Crippen molar-refractivity contribution < 1.29 is 19.1 Å². The van der Waals surface area contributed by atoms with E-state index in [1.54, 1.807) is 19.1 Å². The monoisotopic (exact) mass is 396 g/mol. The maximum absolute atomic E-state index is 12.9. The largest absolute Gasteiger partial charge is 0.497 e. The molecular formula is C23H28N2O4. The molecule has 0 aliphatic carbocycles. The lowest BCUT2D eigenvalue weighted by Gasteiger charge is -2.28. The Morgan fingerprint density at radius 2 is 1.83 bits per heavy atom. The summed E-state index contributed by atoms with van der Waals surface area (Å²) in [4.78, 5) is 27.3. The molecule has 1 fully saturated rings. The van der Waals surface area contributed by atoms with Crippen LogP contribution in [0.4, 0.5) is 0 Å². The predicted octanol–water partition coefficient (Wildman–Crippen LogP) is 2.59. The molecule has 1 N–H and O–H groups in total. The van der Waals surface area contributed by atoms with E-state index < -0.39 is 5.92 Å². The summed E-state index contributed by atoms with van der Waals surface area (Å²) in [5.41, 5.74) is 2.10. The molecule has 154 valence electrons. The van der Waals surface area contributed by atoms with Crippen molar-refractivity contribution in [1.29, 1.82) is 0 Å². The second-order valence-electron chi connectivity index (χ2n) is 7.14. The minimum absolute atomic E-state index is 0.00814. The van der Waals surface area contributed by atoms with Crippen LogP contribution in [-0.2, 0) is 20.7 Å². The Morgan fingerprint density at radius 1 is 1.10 bits per heavy atom. The Bertz CT molecular complexity index is 807. The summed E-state index contributed by atoms with van der Waals surface area (Å²) in [5, 5.41) is 3.02. The number of carbonyl (C=O) groups excluding carboxylic acids is 2. The molecule has 2 amide bonds. The van der Waals surface area contributed by atoms with E-state index in [9.17, 15) is 9.59 Å². The van der Waals surface area contributed by atoms with Gasteiger partial charge in [0.25, 0.3) is 0 Å². The molecule has 2 atom stereocenters. The lowest BCUT2D eigenvalue weighted by atomic mass is 9.92. The minimum Gasteiger partial charge on any atom is -0.497 e. The van der Waals surface area contributed by atoms with Crippen LogP contribution in [0, 0.1) is 5.92 Å². The first kappa shape index (κ1) is 20.9. The lowest BCUT2D eigenvalue weighted by molar-refractivity contribution is -0.129. The number of ether oxygens (including phenoxy) is 2. The van der Waals surface area contributed by atoms with Gasteiger partial charge in [0, 0.05) is 26.6 Å². The van der Waals surface area contributed by atoms with Gasteiger partial charge < -0.3 is 19.7 Å². The van der Waals surface area contributed by atoms with E-state index >= 15 is 0 Å². The Morgan fingerprint density at radius 3 is 2.48 bits per heavy atom. The molecule has 0 aromatic heterocycles. The van der Waals surface area contributed by atoms with Crippen molar-refractivity contribution in [2.75, 3.05) is 33.9 Å². The third-order valence-electron chi connectivity index (χ3n) is 5.32. The van der Waals surface area contributed by atoms with E-state index in [1.165, 1.54) is 0 Å². The summed E-state index contributed by atoms with van der Waals surface area (Å²) >= 11 is 0. The number of nitrogens with one attached hydrogen (secondary N) is 1. The van der Waals surface area contributed by atoms with Gasteiger partial charge in [0.1, 0.15) is 5.75 Å². The molecule has 6 heteroatoms. The van der Waals surface area contributed by atoms with Crippen LogP contribution in [0.1, 0.15) is 23.6 Å². The lowest BCUT2D eigenvalue weighted by Crippen LogP contribution is -2.37. The van der Waals surface area contributed by atoms with Crippen molar-refractivity contribution in [2.24, 2.45) is 5.92 Å². The number of rotatable bonds is 9. The van der Waals surface area contributed by atoms with E-state index in [1.807, 2.05) is 54.6 Å². The highest BCUT2D eigenvalue weighted by Crippen LogP contribution is 2.38. The molecular weight excluding hydrogens is 368 g/mol. The average Bonchev–Trinajstić information content (AvgIpc) is 3.09. The molecule has 0 spiro atoms. The summed E-state index contributed by atoms with van der Waals surface area (Å²) in [5.74, 6) is 0.313. The Kier molecular flexibility index (Phi) is 7.25. The molecule has 3 rings (SSSR count). The zero-order valence-corrected chi connectivity index (χ0v) is 17.0. The molecule has 0 bridgehead atoms. The second-order valence-corrected chi connectivity index (χ2v) is 7.14. The fourth-order valence-electron chi connectivity index (χ4n) is 3.79. The van der Waals surface area contributed by atoms with E-state index in [4.69, 9.17) is 9.47 Å². The van der Waals surface area contributed by atoms with Crippen molar-refractivity contribution in [1.82, 2.24) is 10.2 Å². The SMILES string of the molecule is COCCN1C(=O)C[C@@H](C(=O)NCCc2ccc(OC)cc2)[C@@H]1c1ccccc1. The predicted molar refractivity (Wildman–Crippen MR) is 111 cm³/mol. The smallest absolute Gasteiger partial charge is 0.226 e. The maximum Gasteiger partial charge on any atom is 0.226 e.